The number of amides is 5. The third-order valence-electron chi connectivity index (χ3n) is 14.3. The Labute approximate surface area is 356 Å². The number of hydrogen-bond acceptors (Lipinski definition) is 10. The molecule has 15 heteroatoms. The average molecular weight is 835 g/mol. The molecule has 1 atom stereocenters. The fourth-order valence-corrected chi connectivity index (χ4v) is 10.7. The molecule has 1 aliphatic carbocycles. The van der Waals surface area contributed by atoms with Crippen LogP contribution in [0.15, 0.2) is 41.3 Å². The number of piperidine rings is 2. The largest absolute Gasteiger partial charge is 0.496 e. The third kappa shape index (κ3) is 7.53. The standard InChI is InChI=1S/C46H58N8O7/c1-47-45(59)53-16-11-32-35(27-49(2)43(57)36(32)28-53)30-24-39(60-3)34(40(25-30)61-4)23-29-9-14-50(15-10-29)17-18-51-19-21-52(22-20-51)31-5-6-33-37(26-31)46(12-13-46)54(44(33)58)38-7-8-41(55)48-42(38)56/h5-6,24-27,29,38H,7-23,28H2,1-4H3,(H,47,59)(H,48,55,56). The van der Waals surface area contributed by atoms with E-state index in [-0.39, 0.29) is 42.3 Å². The highest BCUT2D eigenvalue weighted by Gasteiger charge is 2.61. The van der Waals surface area contributed by atoms with Crippen LogP contribution in [0.3, 0.4) is 0 Å². The van der Waals surface area contributed by atoms with Crippen molar-refractivity contribution in [3.05, 3.63) is 74.7 Å². The van der Waals surface area contributed by atoms with Gasteiger partial charge >= 0.3 is 6.03 Å². The highest BCUT2D eigenvalue weighted by Crippen LogP contribution is 2.58. The summed E-state index contributed by atoms with van der Waals surface area (Å²) in [4.78, 5) is 74.9. The third-order valence-corrected chi connectivity index (χ3v) is 14.3. The van der Waals surface area contributed by atoms with Crippen molar-refractivity contribution in [2.45, 2.75) is 69.5 Å². The van der Waals surface area contributed by atoms with Crippen LogP contribution in [0.2, 0.25) is 0 Å². The first-order valence-corrected chi connectivity index (χ1v) is 22.0. The first-order valence-electron chi connectivity index (χ1n) is 22.0. The zero-order valence-corrected chi connectivity index (χ0v) is 35.9. The van der Waals surface area contributed by atoms with E-state index in [0.717, 1.165) is 129 Å². The molecule has 0 radical (unpaired) electrons. The van der Waals surface area contributed by atoms with Gasteiger partial charge in [-0.05, 0) is 111 Å². The van der Waals surface area contributed by atoms with Crippen molar-refractivity contribution < 1.29 is 28.7 Å². The number of ether oxygens (including phenoxy) is 2. The van der Waals surface area contributed by atoms with Gasteiger partial charge in [-0.25, -0.2) is 4.79 Å². The maximum Gasteiger partial charge on any atom is 0.317 e. The number of pyridine rings is 1. The Balaban J connectivity index is 0.781. The summed E-state index contributed by atoms with van der Waals surface area (Å²) in [5.74, 6) is 1.37. The highest BCUT2D eigenvalue weighted by molar-refractivity contribution is 6.07. The number of methoxy groups -OCH3 is 2. The molecule has 0 bridgehead atoms. The molecule has 9 rings (SSSR count). The number of hydrogen-bond donors (Lipinski definition) is 2. The number of nitrogens with one attached hydrogen (secondary N) is 2. The van der Waals surface area contributed by atoms with Crippen LogP contribution < -0.4 is 30.6 Å². The number of fused-ring (bicyclic) bond motifs is 3. The number of aromatic nitrogens is 1. The summed E-state index contributed by atoms with van der Waals surface area (Å²) in [7, 11) is 6.78. The summed E-state index contributed by atoms with van der Waals surface area (Å²) in [5, 5.41) is 5.12. The van der Waals surface area contributed by atoms with Crippen LogP contribution in [0, 0.1) is 5.92 Å². The zero-order valence-electron chi connectivity index (χ0n) is 35.9. The van der Waals surface area contributed by atoms with Crippen molar-refractivity contribution in [3.63, 3.8) is 0 Å². The van der Waals surface area contributed by atoms with E-state index in [1.807, 2.05) is 12.3 Å². The molecule has 6 aliphatic rings. The summed E-state index contributed by atoms with van der Waals surface area (Å²) >= 11 is 0. The molecule has 1 saturated carbocycles. The molecular formula is C46H58N8O7. The number of carbonyl (C=O) groups excluding carboxylic acids is 4. The van der Waals surface area contributed by atoms with Gasteiger partial charge in [-0.1, -0.05) is 0 Å². The fourth-order valence-electron chi connectivity index (χ4n) is 10.7. The second-order valence-electron chi connectivity index (χ2n) is 17.7. The maximum absolute atomic E-state index is 13.6. The Hall–Kier alpha value is -5.41. The molecule has 1 spiro atoms. The van der Waals surface area contributed by atoms with Gasteiger partial charge in [-0.2, -0.15) is 0 Å². The summed E-state index contributed by atoms with van der Waals surface area (Å²) in [5.41, 5.74) is 6.94. The number of rotatable bonds is 10. The van der Waals surface area contributed by atoms with Gasteiger partial charge in [0.1, 0.15) is 17.5 Å². The lowest BCUT2D eigenvalue weighted by molar-refractivity contribution is -0.137. The molecular weight excluding hydrogens is 777 g/mol. The Morgan fingerprint density at radius 3 is 2.16 bits per heavy atom. The minimum atomic E-state index is -0.596. The van der Waals surface area contributed by atoms with Crippen LogP contribution in [-0.2, 0) is 41.6 Å². The summed E-state index contributed by atoms with van der Waals surface area (Å²) in [6.07, 6.45) is 7.87. The summed E-state index contributed by atoms with van der Waals surface area (Å²) < 4.78 is 13.6. The molecule has 324 valence electrons. The van der Waals surface area contributed by atoms with Gasteiger partial charge in [0.15, 0.2) is 0 Å². The predicted molar refractivity (Wildman–Crippen MR) is 230 cm³/mol. The molecule has 3 saturated heterocycles. The first-order chi connectivity index (χ1) is 29.5. The van der Waals surface area contributed by atoms with Gasteiger partial charge in [-0.3, -0.25) is 29.4 Å². The van der Waals surface area contributed by atoms with E-state index in [1.54, 1.807) is 42.7 Å². The average Bonchev–Trinajstić information content (AvgIpc) is 4.05. The number of piperazine rings is 1. The van der Waals surface area contributed by atoms with Crippen LogP contribution in [0.1, 0.15) is 71.1 Å². The Bertz CT molecular complexity index is 2280. The minimum absolute atomic E-state index is 0.0851. The molecule has 4 fully saturated rings. The van der Waals surface area contributed by atoms with E-state index < -0.39 is 11.6 Å². The lowest BCUT2D eigenvalue weighted by Gasteiger charge is -2.38. The van der Waals surface area contributed by atoms with Crippen molar-refractivity contribution in [3.8, 4) is 22.6 Å². The summed E-state index contributed by atoms with van der Waals surface area (Å²) in [6, 6.07) is 9.56. The smallest absolute Gasteiger partial charge is 0.317 e. The SMILES string of the molecule is CNC(=O)N1CCc2c(-c3cc(OC)c(CC4CCN(CCN5CCN(c6ccc7c(c6)C6(CC6)N(C6CCC(=O)NC6=O)C7=O)CC5)CC4)c(OC)c3)cn(C)c(=O)c2C1. The van der Waals surface area contributed by atoms with E-state index in [9.17, 15) is 24.0 Å². The lowest BCUT2D eigenvalue weighted by Crippen LogP contribution is -2.55. The second kappa shape index (κ2) is 16.5. The first kappa shape index (κ1) is 41.0. The van der Waals surface area contributed by atoms with E-state index in [2.05, 4.69) is 49.6 Å². The normalized spacial score (nSPS) is 21.7. The Morgan fingerprint density at radius 2 is 1.52 bits per heavy atom. The van der Waals surface area contributed by atoms with E-state index in [0.29, 0.717) is 36.4 Å². The van der Waals surface area contributed by atoms with Crippen molar-refractivity contribution in [1.29, 1.82) is 0 Å². The molecule has 2 aromatic carbocycles. The van der Waals surface area contributed by atoms with E-state index in [4.69, 9.17) is 9.47 Å². The monoisotopic (exact) mass is 834 g/mol. The number of imide groups is 1. The molecule has 5 amide bonds. The van der Waals surface area contributed by atoms with Gasteiger partial charge in [0.2, 0.25) is 11.8 Å². The number of aryl methyl sites for hydroxylation is 1. The highest BCUT2D eigenvalue weighted by atomic mass is 16.5. The van der Waals surface area contributed by atoms with E-state index >= 15 is 0 Å². The van der Waals surface area contributed by atoms with Crippen LogP contribution in [0.4, 0.5) is 10.5 Å². The molecule has 3 aromatic rings. The van der Waals surface area contributed by atoms with Gasteiger partial charge in [0, 0.05) is 100 Å². The lowest BCUT2D eigenvalue weighted by atomic mass is 9.87. The van der Waals surface area contributed by atoms with Crippen LogP contribution >= 0.6 is 0 Å². The van der Waals surface area contributed by atoms with Crippen molar-refractivity contribution in [2.75, 3.05) is 85.1 Å². The van der Waals surface area contributed by atoms with Crippen molar-refractivity contribution in [1.82, 2.24) is 34.8 Å². The number of carbonyl (C=O) groups is 4. The minimum Gasteiger partial charge on any atom is -0.496 e. The molecule has 61 heavy (non-hydrogen) atoms. The van der Waals surface area contributed by atoms with Gasteiger partial charge in [0.05, 0.1) is 26.3 Å². The van der Waals surface area contributed by atoms with Gasteiger partial charge in [-0.15, -0.1) is 0 Å². The molecule has 1 aromatic heterocycles. The second-order valence-corrected chi connectivity index (χ2v) is 17.7. The quantitative estimate of drug-likeness (QED) is 0.292. The van der Waals surface area contributed by atoms with E-state index in [1.165, 1.54) is 0 Å². The maximum atomic E-state index is 13.6. The molecule has 5 aliphatic heterocycles. The van der Waals surface area contributed by atoms with Crippen LogP contribution in [0.5, 0.6) is 11.5 Å². The van der Waals surface area contributed by atoms with Crippen molar-refractivity contribution in [2.24, 2.45) is 13.0 Å². The molecule has 15 nitrogen and oxygen atoms in total. The zero-order chi connectivity index (χ0) is 42.6. The van der Waals surface area contributed by atoms with Crippen LogP contribution in [0.25, 0.3) is 11.1 Å². The number of nitrogens with zero attached hydrogens (tertiary/aromatic N) is 6. The number of urea groups is 1. The Morgan fingerprint density at radius 1 is 0.836 bits per heavy atom. The topological polar surface area (TPSA) is 149 Å². The predicted octanol–water partition coefficient (Wildman–Crippen LogP) is 3.09. The van der Waals surface area contributed by atoms with Gasteiger partial charge in [0.25, 0.3) is 11.5 Å². The summed E-state index contributed by atoms with van der Waals surface area (Å²) in [6.45, 7) is 8.78. The Kier molecular flexibility index (Phi) is 11.1. The fraction of sp³-hybridized carbons (Fsp3) is 0.543. The number of likely N-dealkylation sites (tertiary alicyclic amines) is 1. The molecule has 1 unspecified atom stereocenters. The molecule has 6 heterocycles. The number of benzene rings is 2. The van der Waals surface area contributed by atoms with Crippen LogP contribution in [-0.4, -0.2) is 134 Å². The van der Waals surface area contributed by atoms with Crippen molar-refractivity contribution >= 4 is 29.4 Å². The number of anilines is 1. The molecule has 2 N–H and O–H groups in total. The van der Waals surface area contributed by atoms with Gasteiger partial charge < -0.3 is 39.0 Å².